The summed E-state index contributed by atoms with van der Waals surface area (Å²) in [6.07, 6.45) is 0. The van der Waals surface area contributed by atoms with Crippen molar-refractivity contribution in [2.45, 2.75) is 26.5 Å². The minimum atomic E-state index is -0.336. The number of aromatic nitrogens is 1. The summed E-state index contributed by atoms with van der Waals surface area (Å²) in [6, 6.07) is 4.42. The Morgan fingerprint density at radius 2 is 2.28 bits per heavy atom. The van der Waals surface area contributed by atoms with E-state index in [1.165, 1.54) is 6.07 Å². The largest absolute Gasteiger partial charge is 0.487 e. The summed E-state index contributed by atoms with van der Waals surface area (Å²) in [7, 11) is 0. The molecule has 18 heavy (non-hydrogen) atoms. The highest BCUT2D eigenvalue weighted by Crippen LogP contribution is 2.21. The van der Waals surface area contributed by atoms with Crippen LogP contribution < -0.4 is 10.5 Å². The number of ether oxygens (including phenoxy) is 1. The fourth-order valence-corrected chi connectivity index (χ4v) is 2.20. The maximum atomic E-state index is 13.7. The number of nitrogens with zero attached hydrogens (tertiary/aromatic N) is 1. The van der Waals surface area contributed by atoms with Gasteiger partial charge in [-0.3, -0.25) is 0 Å². The molecule has 0 aliphatic rings. The van der Waals surface area contributed by atoms with Crippen molar-refractivity contribution in [3.8, 4) is 5.75 Å². The van der Waals surface area contributed by atoms with Gasteiger partial charge >= 0.3 is 0 Å². The second kappa shape index (κ2) is 5.46. The smallest absolute Gasteiger partial charge is 0.131 e. The van der Waals surface area contributed by atoms with Gasteiger partial charge in [0.1, 0.15) is 18.2 Å². The van der Waals surface area contributed by atoms with Crippen LogP contribution in [-0.2, 0) is 6.61 Å². The van der Waals surface area contributed by atoms with E-state index in [0.717, 1.165) is 10.7 Å². The van der Waals surface area contributed by atoms with Crippen LogP contribution in [0.15, 0.2) is 23.6 Å². The minimum absolute atomic E-state index is 0.319. The molecule has 0 saturated carbocycles. The van der Waals surface area contributed by atoms with Crippen LogP contribution in [-0.4, -0.2) is 4.98 Å². The molecule has 1 aromatic carbocycles. The van der Waals surface area contributed by atoms with E-state index in [4.69, 9.17) is 10.5 Å². The molecule has 2 aromatic rings. The maximum Gasteiger partial charge on any atom is 0.131 e. The predicted octanol–water partition coefficient (Wildman–Crippen LogP) is 3.19. The van der Waals surface area contributed by atoms with E-state index < -0.39 is 0 Å². The second-order valence-corrected chi connectivity index (χ2v) is 5.18. The van der Waals surface area contributed by atoms with Crippen molar-refractivity contribution in [2.24, 2.45) is 5.73 Å². The third kappa shape index (κ3) is 3.05. The topological polar surface area (TPSA) is 48.1 Å². The summed E-state index contributed by atoms with van der Waals surface area (Å²) in [6.45, 7) is 4.03. The third-order valence-corrected chi connectivity index (χ3v) is 3.34. The summed E-state index contributed by atoms with van der Waals surface area (Å²) < 4.78 is 19.1. The van der Waals surface area contributed by atoms with E-state index in [9.17, 15) is 4.39 Å². The molecule has 5 heteroatoms. The van der Waals surface area contributed by atoms with Gasteiger partial charge in [-0.2, -0.15) is 0 Å². The number of halogens is 1. The zero-order valence-corrected chi connectivity index (χ0v) is 11.1. The number of rotatable bonds is 4. The molecule has 3 nitrogen and oxygen atoms in total. The first-order valence-corrected chi connectivity index (χ1v) is 6.53. The Morgan fingerprint density at radius 3 is 2.83 bits per heavy atom. The molecule has 0 radical (unpaired) electrons. The lowest BCUT2D eigenvalue weighted by atomic mass is 10.1. The second-order valence-electron chi connectivity index (χ2n) is 4.12. The van der Waals surface area contributed by atoms with Gasteiger partial charge in [0.2, 0.25) is 0 Å². The molecule has 0 saturated heterocycles. The molecule has 0 aliphatic carbocycles. The number of thiazole rings is 1. The van der Waals surface area contributed by atoms with Gasteiger partial charge in [0.25, 0.3) is 0 Å². The van der Waals surface area contributed by atoms with E-state index in [-0.39, 0.29) is 11.9 Å². The van der Waals surface area contributed by atoms with Crippen LogP contribution in [0.25, 0.3) is 0 Å². The van der Waals surface area contributed by atoms with Crippen molar-refractivity contribution in [1.29, 1.82) is 0 Å². The molecule has 0 aliphatic heterocycles. The van der Waals surface area contributed by atoms with Gasteiger partial charge in [-0.25, -0.2) is 9.37 Å². The molecule has 0 bridgehead atoms. The number of hydrogen-bond donors (Lipinski definition) is 1. The minimum Gasteiger partial charge on any atom is -0.487 e. The van der Waals surface area contributed by atoms with Gasteiger partial charge in [0, 0.05) is 23.1 Å². The van der Waals surface area contributed by atoms with Gasteiger partial charge in [-0.1, -0.05) is 6.07 Å². The van der Waals surface area contributed by atoms with E-state index in [0.29, 0.717) is 17.9 Å². The molecule has 96 valence electrons. The van der Waals surface area contributed by atoms with Gasteiger partial charge < -0.3 is 10.5 Å². The average Bonchev–Trinajstić information content (AvgIpc) is 2.72. The SMILES string of the molecule is Cc1nc(COc2ccc([C@@H](C)N)c(F)c2)cs1. The van der Waals surface area contributed by atoms with Crippen LogP contribution in [0.1, 0.15) is 29.2 Å². The number of aryl methyl sites for hydroxylation is 1. The fourth-order valence-electron chi connectivity index (χ4n) is 1.60. The van der Waals surface area contributed by atoms with Crippen LogP contribution in [0, 0.1) is 12.7 Å². The first-order valence-electron chi connectivity index (χ1n) is 5.65. The van der Waals surface area contributed by atoms with E-state index in [2.05, 4.69) is 4.98 Å². The molecule has 0 amide bonds. The highest BCUT2D eigenvalue weighted by atomic mass is 32.1. The Morgan fingerprint density at radius 1 is 1.50 bits per heavy atom. The van der Waals surface area contributed by atoms with Crippen LogP contribution in [0.5, 0.6) is 5.75 Å². The summed E-state index contributed by atoms with van der Waals surface area (Å²) in [4.78, 5) is 4.27. The normalized spacial score (nSPS) is 12.4. The van der Waals surface area contributed by atoms with E-state index in [1.807, 2.05) is 12.3 Å². The van der Waals surface area contributed by atoms with Crippen LogP contribution in [0.2, 0.25) is 0 Å². The van der Waals surface area contributed by atoms with Crippen molar-refractivity contribution in [3.63, 3.8) is 0 Å². The lowest BCUT2D eigenvalue weighted by Crippen LogP contribution is -2.07. The number of benzene rings is 1. The zero-order valence-electron chi connectivity index (χ0n) is 10.3. The van der Waals surface area contributed by atoms with Gasteiger partial charge in [0.15, 0.2) is 0 Å². The van der Waals surface area contributed by atoms with Crippen molar-refractivity contribution in [2.75, 3.05) is 0 Å². The fraction of sp³-hybridized carbons (Fsp3) is 0.308. The van der Waals surface area contributed by atoms with Crippen molar-refractivity contribution >= 4 is 11.3 Å². The van der Waals surface area contributed by atoms with Gasteiger partial charge in [-0.05, 0) is 19.9 Å². The van der Waals surface area contributed by atoms with Gasteiger partial charge in [0.05, 0.1) is 10.7 Å². The van der Waals surface area contributed by atoms with Crippen molar-refractivity contribution < 1.29 is 9.13 Å². The Labute approximate surface area is 109 Å². The summed E-state index contributed by atoms with van der Waals surface area (Å²) in [5.41, 5.74) is 6.99. The lowest BCUT2D eigenvalue weighted by Gasteiger charge is -2.09. The molecule has 2 N–H and O–H groups in total. The van der Waals surface area contributed by atoms with Crippen molar-refractivity contribution in [1.82, 2.24) is 4.98 Å². The Bertz CT molecular complexity index is 540. The molecule has 1 heterocycles. The van der Waals surface area contributed by atoms with Crippen LogP contribution in [0.4, 0.5) is 4.39 Å². The van der Waals surface area contributed by atoms with E-state index in [1.54, 1.807) is 30.4 Å². The monoisotopic (exact) mass is 266 g/mol. The van der Waals surface area contributed by atoms with E-state index >= 15 is 0 Å². The average molecular weight is 266 g/mol. The molecule has 2 rings (SSSR count). The molecular formula is C13H15FN2OS. The van der Waals surface area contributed by atoms with Crippen LogP contribution in [0.3, 0.4) is 0 Å². The molecule has 0 spiro atoms. The highest BCUT2D eigenvalue weighted by Gasteiger charge is 2.08. The highest BCUT2D eigenvalue weighted by molar-refractivity contribution is 7.09. The van der Waals surface area contributed by atoms with Gasteiger partial charge in [-0.15, -0.1) is 11.3 Å². The molecule has 0 unspecified atom stereocenters. The number of hydrogen-bond acceptors (Lipinski definition) is 4. The Kier molecular flexibility index (Phi) is 3.93. The Hall–Kier alpha value is -1.46. The van der Waals surface area contributed by atoms with Crippen molar-refractivity contribution in [3.05, 3.63) is 45.7 Å². The quantitative estimate of drug-likeness (QED) is 0.924. The molecule has 0 fully saturated rings. The molecule has 1 atom stereocenters. The lowest BCUT2D eigenvalue weighted by molar-refractivity contribution is 0.300. The first-order chi connectivity index (χ1) is 8.56. The standard InChI is InChI=1S/C13H15FN2OS/c1-8(15)12-4-3-11(5-13(12)14)17-6-10-7-18-9(2)16-10/h3-5,7-8H,6,15H2,1-2H3/t8-/m1/s1. The maximum absolute atomic E-state index is 13.7. The number of nitrogens with two attached hydrogens (primary N) is 1. The molecule has 1 aromatic heterocycles. The molecular weight excluding hydrogens is 251 g/mol. The zero-order chi connectivity index (χ0) is 13.1. The first kappa shape index (κ1) is 13.0. The summed E-state index contributed by atoms with van der Waals surface area (Å²) >= 11 is 1.57. The third-order valence-electron chi connectivity index (χ3n) is 2.52. The summed E-state index contributed by atoms with van der Waals surface area (Å²) in [5.74, 6) is 0.152. The summed E-state index contributed by atoms with van der Waals surface area (Å²) in [5, 5.41) is 2.93. The Balaban J connectivity index is 2.04. The van der Waals surface area contributed by atoms with Crippen LogP contribution >= 0.6 is 11.3 Å². The predicted molar refractivity (Wildman–Crippen MR) is 70.2 cm³/mol.